The van der Waals surface area contributed by atoms with Crippen molar-refractivity contribution < 1.29 is 9.32 Å². The monoisotopic (exact) mass is 304 g/mol. The molecule has 1 saturated heterocycles. The standard InChI is InChI=1S/C14H16N4O2S/c1-15-8-12(19)18-5-2-10(3-6-18)14-16-13(17-20-14)11-4-7-21-9-11/h4,7,9-10H,1-3,5-6,8H2. The van der Waals surface area contributed by atoms with Crippen LogP contribution in [0.1, 0.15) is 24.7 Å². The van der Waals surface area contributed by atoms with Crippen molar-refractivity contribution in [2.45, 2.75) is 18.8 Å². The van der Waals surface area contributed by atoms with Crippen LogP contribution in [0.2, 0.25) is 0 Å². The molecule has 1 amide bonds. The number of hydrogen-bond acceptors (Lipinski definition) is 6. The van der Waals surface area contributed by atoms with Gasteiger partial charge in [0.2, 0.25) is 17.6 Å². The van der Waals surface area contributed by atoms with E-state index in [0.29, 0.717) is 24.8 Å². The summed E-state index contributed by atoms with van der Waals surface area (Å²) in [6.45, 7) is 4.92. The average molecular weight is 304 g/mol. The first kappa shape index (κ1) is 13.9. The number of piperidine rings is 1. The van der Waals surface area contributed by atoms with Crippen molar-refractivity contribution in [1.29, 1.82) is 0 Å². The molecule has 0 aliphatic carbocycles. The van der Waals surface area contributed by atoms with Gasteiger partial charge >= 0.3 is 0 Å². The van der Waals surface area contributed by atoms with E-state index in [1.165, 1.54) is 0 Å². The molecule has 2 aromatic rings. The third-order valence-electron chi connectivity index (χ3n) is 3.67. The molecular weight excluding hydrogens is 288 g/mol. The van der Waals surface area contributed by atoms with Gasteiger partial charge in [0.1, 0.15) is 6.54 Å². The summed E-state index contributed by atoms with van der Waals surface area (Å²) in [5, 5.41) is 8.02. The van der Waals surface area contributed by atoms with Crippen LogP contribution in [0, 0.1) is 0 Å². The maximum Gasteiger partial charge on any atom is 0.244 e. The zero-order chi connectivity index (χ0) is 14.7. The van der Waals surface area contributed by atoms with Crippen LogP contribution in [0.15, 0.2) is 26.3 Å². The number of likely N-dealkylation sites (tertiary alicyclic amines) is 1. The molecule has 21 heavy (non-hydrogen) atoms. The van der Waals surface area contributed by atoms with Gasteiger partial charge in [-0.05, 0) is 31.0 Å². The lowest BCUT2D eigenvalue weighted by molar-refractivity contribution is -0.130. The highest BCUT2D eigenvalue weighted by molar-refractivity contribution is 7.08. The summed E-state index contributed by atoms with van der Waals surface area (Å²) in [6, 6.07) is 1.98. The number of carbonyl (C=O) groups is 1. The van der Waals surface area contributed by atoms with Gasteiger partial charge in [-0.25, -0.2) is 0 Å². The Morgan fingerprint density at radius 3 is 3.00 bits per heavy atom. The lowest BCUT2D eigenvalue weighted by Crippen LogP contribution is -2.39. The molecule has 6 nitrogen and oxygen atoms in total. The summed E-state index contributed by atoms with van der Waals surface area (Å²) in [4.78, 5) is 21.7. The summed E-state index contributed by atoms with van der Waals surface area (Å²) < 4.78 is 5.38. The summed E-state index contributed by atoms with van der Waals surface area (Å²) in [5.41, 5.74) is 0.986. The van der Waals surface area contributed by atoms with Gasteiger partial charge < -0.3 is 9.42 Å². The smallest absolute Gasteiger partial charge is 0.244 e. The maximum atomic E-state index is 11.7. The van der Waals surface area contributed by atoms with Crippen molar-refractivity contribution in [2.75, 3.05) is 19.6 Å². The summed E-state index contributed by atoms with van der Waals surface area (Å²) in [5.74, 6) is 1.57. The fraction of sp³-hybridized carbons (Fsp3) is 0.429. The quantitative estimate of drug-likeness (QED) is 0.812. The third-order valence-corrected chi connectivity index (χ3v) is 4.35. The number of nitrogens with zero attached hydrogens (tertiary/aromatic N) is 4. The van der Waals surface area contributed by atoms with E-state index >= 15 is 0 Å². The predicted octanol–water partition coefficient (Wildman–Crippen LogP) is 2.20. The van der Waals surface area contributed by atoms with Gasteiger partial charge in [0, 0.05) is 30.0 Å². The number of thiophene rings is 1. The molecule has 0 unspecified atom stereocenters. The van der Waals surface area contributed by atoms with Crippen LogP contribution >= 0.6 is 11.3 Å². The molecule has 0 radical (unpaired) electrons. The Labute approximate surface area is 126 Å². The molecule has 0 bridgehead atoms. The van der Waals surface area contributed by atoms with Gasteiger partial charge in [-0.1, -0.05) is 5.16 Å². The van der Waals surface area contributed by atoms with Gasteiger partial charge in [-0.3, -0.25) is 9.79 Å². The van der Waals surface area contributed by atoms with Gasteiger partial charge in [0.15, 0.2) is 0 Å². The van der Waals surface area contributed by atoms with Crippen molar-refractivity contribution in [2.24, 2.45) is 4.99 Å². The van der Waals surface area contributed by atoms with E-state index in [0.717, 1.165) is 18.4 Å². The van der Waals surface area contributed by atoms with E-state index in [-0.39, 0.29) is 18.4 Å². The van der Waals surface area contributed by atoms with Crippen LogP contribution in [0.5, 0.6) is 0 Å². The molecule has 1 aliphatic rings. The minimum atomic E-state index is 0.0351. The van der Waals surface area contributed by atoms with Crippen LogP contribution in [0.4, 0.5) is 0 Å². The number of carbonyl (C=O) groups excluding carboxylic acids is 1. The first-order valence-corrected chi connectivity index (χ1v) is 7.78. The van der Waals surface area contributed by atoms with E-state index < -0.39 is 0 Å². The van der Waals surface area contributed by atoms with Gasteiger partial charge in [-0.2, -0.15) is 16.3 Å². The van der Waals surface area contributed by atoms with Crippen LogP contribution in [-0.2, 0) is 4.79 Å². The number of rotatable bonds is 4. The molecular formula is C14H16N4O2S. The molecule has 110 valence electrons. The SMILES string of the molecule is C=NCC(=O)N1CCC(c2nc(-c3ccsc3)no2)CC1. The summed E-state index contributed by atoms with van der Waals surface area (Å²) >= 11 is 1.61. The third kappa shape index (κ3) is 3.02. The molecule has 1 aliphatic heterocycles. The van der Waals surface area contributed by atoms with E-state index in [9.17, 15) is 4.79 Å². The molecule has 2 aromatic heterocycles. The molecule has 0 aromatic carbocycles. The summed E-state index contributed by atoms with van der Waals surface area (Å²) in [6.07, 6.45) is 1.68. The minimum absolute atomic E-state index is 0.0351. The molecule has 1 fully saturated rings. The Balaban J connectivity index is 1.62. The highest BCUT2D eigenvalue weighted by Gasteiger charge is 2.27. The fourth-order valence-corrected chi connectivity index (χ4v) is 3.12. The minimum Gasteiger partial charge on any atom is -0.341 e. The van der Waals surface area contributed by atoms with E-state index in [4.69, 9.17) is 4.52 Å². The van der Waals surface area contributed by atoms with E-state index in [1.54, 1.807) is 11.3 Å². The molecule has 3 rings (SSSR count). The highest BCUT2D eigenvalue weighted by atomic mass is 32.1. The van der Waals surface area contributed by atoms with Crippen LogP contribution in [0.25, 0.3) is 11.4 Å². The molecule has 0 saturated carbocycles. The summed E-state index contributed by atoms with van der Waals surface area (Å²) in [7, 11) is 0. The van der Waals surface area contributed by atoms with Gasteiger partial charge in [0.25, 0.3) is 0 Å². The topological polar surface area (TPSA) is 71.6 Å². The second-order valence-corrected chi connectivity index (χ2v) is 5.79. The Hall–Kier alpha value is -2.02. The maximum absolute atomic E-state index is 11.7. The molecule has 7 heteroatoms. The van der Waals surface area contributed by atoms with Crippen molar-refractivity contribution in [1.82, 2.24) is 15.0 Å². The van der Waals surface area contributed by atoms with Crippen molar-refractivity contribution in [3.05, 3.63) is 22.7 Å². The van der Waals surface area contributed by atoms with Gasteiger partial charge in [0.05, 0.1) is 0 Å². The lowest BCUT2D eigenvalue weighted by Gasteiger charge is -2.29. The largest absolute Gasteiger partial charge is 0.341 e. The van der Waals surface area contributed by atoms with Gasteiger partial charge in [-0.15, -0.1) is 0 Å². The Morgan fingerprint density at radius 1 is 1.52 bits per heavy atom. The van der Waals surface area contributed by atoms with Crippen molar-refractivity contribution in [3.8, 4) is 11.4 Å². The first-order chi connectivity index (χ1) is 10.3. The van der Waals surface area contributed by atoms with E-state index in [2.05, 4.69) is 21.9 Å². The average Bonchev–Trinajstić information content (AvgIpc) is 3.19. The number of aliphatic imine (C=N–C) groups is 1. The lowest BCUT2D eigenvalue weighted by atomic mass is 9.96. The molecule has 0 N–H and O–H groups in total. The fourth-order valence-electron chi connectivity index (χ4n) is 2.48. The number of hydrogen-bond donors (Lipinski definition) is 0. The Bertz CT molecular complexity index is 615. The normalized spacial score (nSPS) is 16.1. The number of amides is 1. The molecule has 0 spiro atoms. The predicted molar refractivity (Wildman–Crippen MR) is 80.6 cm³/mol. The second-order valence-electron chi connectivity index (χ2n) is 5.01. The highest BCUT2D eigenvalue weighted by Crippen LogP contribution is 2.29. The molecule has 3 heterocycles. The first-order valence-electron chi connectivity index (χ1n) is 6.84. The zero-order valence-corrected chi connectivity index (χ0v) is 12.4. The van der Waals surface area contributed by atoms with Crippen molar-refractivity contribution in [3.63, 3.8) is 0 Å². The molecule has 0 atom stereocenters. The number of aromatic nitrogens is 2. The van der Waals surface area contributed by atoms with Crippen LogP contribution in [-0.4, -0.2) is 47.3 Å². The van der Waals surface area contributed by atoms with Crippen LogP contribution < -0.4 is 0 Å². The van der Waals surface area contributed by atoms with Crippen molar-refractivity contribution >= 4 is 24.0 Å². The Morgan fingerprint density at radius 2 is 2.33 bits per heavy atom. The van der Waals surface area contributed by atoms with Crippen LogP contribution in [0.3, 0.4) is 0 Å². The van der Waals surface area contributed by atoms with E-state index in [1.807, 2.05) is 21.7 Å². The zero-order valence-electron chi connectivity index (χ0n) is 11.6. The second kappa shape index (κ2) is 6.17. The Kier molecular flexibility index (Phi) is 4.10.